The number of carboxylic acid groups (broad SMARTS) is 1. The third-order valence-electron chi connectivity index (χ3n) is 7.76. The van der Waals surface area contributed by atoms with Gasteiger partial charge in [-0.25, -0.2) is 0 Å². The Bertz CT molecular complexity index is 1740. The van der Waals surface area contributed by atoms with E-state index in [9.17, 15) is 60.3 Å². The average molecular weight is 697 g/mol. The quantitative estimate of drug-likeness (QED) is 0.0600. The Morgan fingerprint density at radius 2 is 1.35 bits per heavy atom. The van der Waals surface area contributed by atoms with Crippen molar-refractivity contribution in [3.63, 3.8) is 0 Å². The molecule has 0 bridgehead atoms. The summed E-state index contributed by atoms with van der Waals surface area (Å²) < 4.78 is 32.5. The standard InChI is InChI=1S/C30H32O19/c31-12-2-1-10(3-13(12)32)16-6-15(34)22-14(33)4-11(5-17(22)47-16)46-30-28(43)26(41)24(39)19(49-30)9-45-29-27(42)25(40)23(38)18(48-29)8-44-21(37)7-20(35)36/h1-6,18-19,23-33,38-43H,7-9H2,(H,35,36). The van der Waals surface area contributed by atoms with Crippen LogP contribution in [0.25, 0.3) is 22.3 Å². The fraction of sp³-hybridized carbons (Fsp3) is 0.433. The van der Waals surface area contributed by atoms with Gasteiger partial charge in [0.25, 0.3) is 0 Å². The van der Waals surface area contributed by atoms with Gasteiger partial charge in [-0.1, -0.05) is 0 Å². The Hall–Kier alpha value is -4.57. The van der Waals surface area contributed by atoms with E-state index in [-0.39, 0.29) is 28.0 Å². The van der Waals surface area contributed by atoms with Gasteiger partial charge in [0, 0.05) is 23.8 Å². The van der Waals surface area contributed by atoms with Crippen LogP contribution >= 0.6 is 0 Å². The van der Waals surface area contributed by atoms with Crippen molar-refractivity contribution in [1.82, 2.24) is 0 Å². The lowest BCUT2D eigenvalue weighted by molar-refractivity contribution is -0.323. The second kappa shape index (κ2) is 14.5. The number of benzene rings is 2. The monoisotopic (exact) mass is 696 g/mol. The lowest BCUT2D eigenvalue weighted by Crippen LogP contribution is -2.62. The summed E-state index contributed by atoms with van der Waals surface area (Å²) in [6, 6.07) is 6.86. The molecular weight excluding hydrogens is 664 g/mol. The third kappa shape index (κ3) is 7.69. The second-order valence-electron chi connectivity index (χ2n) is 11.2. The molecule has 19 nitrogen and oxygen atoms in total. The second-order valence-corrected chi connectivity index (χ2v) is 11.2. The highest BCUT2D eigenvalue weighted by Crippen LogP contribution is 2.35. The van der Waals surface area contributed by atoms with E-state index in [2.05, 4.69) is 0 Å². The van der Waals surface area contributed by atoms with Crippen molar-refractivity contribution in [3.05, 3.63) is 46.6 Å². The van der Waals surface area contributed by atoms with Crippen molar-refractivity contribution >= 4 is 22.9 Å². The summed E-state index contributed by atoms with van der Waals surface area (Å²) in [5, 5.41) is 101. The molecule has 10 unspecified atom stereocenters. The molecule has 0 aliphatic carbocycles. The summed E-state index contributed by atoms with van der Waals surface area (Å²) in [5.41, 5.74) is -0.683. The number of hydrogen-bond acceptors (Lipinski definition) is 18. The molecule has 5 rings (SSSR count). The summed E-state index contributed by atoms with van der Waals surface area (Å²) >= 11 is 0. The van der Waals surface area contributed by atoms with Gasteiger partial charge in [0.1, 0.15) is 90.1 Å². The highest BCUT2D eigenvalue weighted by Gasteiger charge is 2.48. The molecule has 2 fully saturated rings. The van der Waals surface area contributed by atoms with Crippen molar-refractivity contribution < 1.29 is 88.8 Å². The molecule has 0 radical (unpaired) electrons. The molecule has 10 N–H and O–H groups in total. The van der Waals surface area contributed by atoms with Gasteiger partial charge in [-0.2, -0.15) is 0 Å². The van der Waals surface area contributed by atoms with Crippen molar-refractivity contribution in [2.45, 2.75) is 67.8 Å². The maximum absolute atomic E-state index is 12.8. The minimum absolute atomic E-state index is 0.0560. The first-order chi connectivity index (χ1) is 23.1. The van der Waals surface area contributed by atoms with Gasteiger partial charge in [0.05, 0.1) is 6.61 Å². The maximum Gasteiger partial charge on any atom is 0.317 e. The van der Waals surface area contributed by atoms with Crippen LogP contribution in [0.3, 0.4) is 0 Å². The number of phenolic OH excluding ortho intramolecular Hbond substituents is 3. The molecule has 19 heteroatoms. The fourth-order valence-corrected chi connectivity index (χ4v) is 5.15. The Morgan fingerprint density at radius 1 is 0.714 bits per heavy atom. The third-order valence-corrected chi connectivity index (χ3v) is 7.76. The Morgan fingerprint density at radius 3 is 2.00 bits per heavy atom. The normalized spacial score (nSPS) is 30.2. The molecule has 2 aliphatic heterocycles. The Kier molecular flexibility index (Phi) is 10.6. The van der Waals surface area contributed by atoms with E-state index in [1.165, 1.54) is 12.1 Å². The highest BCUT2D eigenvalue weighted by atomic mass is 16.7. The number of aromatic hydroxyl groups is 3. The van der Waals surface area contributed by atoms with Crippen LogP contribution in [0.1, 0.15) is 6.42 Å². The van der Waals surface area contributed by atoms with Gasteiger partial charge in [-0.15, -0.1) is 0 Å². The zero-order valence-electron chi connectivity index (χ0n) is 25.0. The topological polar surface area (TPSA) is 313 Å². The zero-order chi connectivity index (χ0) is 35.7. The van der Waals surface area contributed by atoms with Crippen molar-refractivity contribution in [2.75, 3.05) is 13.2 Å². The van der Waals surface area contributed by atoms with Crippen LogP contribution in [0, 0.1) is 0 Å². The minimum Gasteiger partial charge on any atom is -0.507 e. The molecule has 2 saturated heterocycles. The first-order valence-corrected chi connectivity index (χ1v) is 14.5. The number of hydrogen-bond donors (Lipinski definition) is 10. The SMILES string of the molecule is O=C(O)CC(=O)OCC1OC(OCC2OC(Oc3cc(O)c4c(=O)cc(-c5ccc(O)c(O)c5)oc4c3)C(O)C(O)C2O)C(O)C(O)C1O. The Balaban J connectivity index is 1.30. The molecule has 0 spiro atoms. The average Bonchev–Trinajstić information content (AvgIpc) is 3.04. The van der Waals surface area contributed by atoms with E-state index in [1.54, 1.807) is 0 Å². The molecule has 2 aliphatic rings. The molecule has 3 heterocycles. The van der Waals surface area contributed by atoms with Gasteiger partial charge in [0.2, 0.25) is 6.29 Å². The van der Waals surface area contributed by atoms with E-state index in [0.717, 1.165) is 24.3 Å². The van der Waals surface area contributed by atoms with Crippen LogP contribution in [0.2, 0.25) is 0 Å². The van der Waals surface area contributed by atoms with Gasteiger partial charge >= 0.3 is 11.9 Å². The van der Waals surface area contributed by atoms with Crippen LogP contribution in [0.5, 0.6) is 23.0 Å². The number of rotatable bonds is 10. The van der Waals surface area contributed by atoms with Gasteiger partial charge in [0.15, 0.2) is 23.2 Å². The first kappa shape index (κ1) is 35.7. The molecule has 0 amide bonds. The summed E-state index contributed by atoms with van der Waals surface area (Å²) in [6.07, 6.45) is -18.6. The van der Waals surface area contributed by atoms with Crippen molar-refractivity contribution in [3.8, 4) is 34.3 Å². The lowest BCUT2D eigenvalue weighted by Gasteiger charge is -2.42. The maximum atomic E-state index is 12.8. The predicted molar refractivity (Wildman–Crippen MR) is 156 cm³/mol. The van der Waals surface area contributed by atoms with E-state index in [1.807, 2.05) is 0 Å². The molecule has 266 valence electrons. The summed E-state index contributed by atoms with van der Waals surface area (Å²) in [4.78, 5) is 35.0. The number of carbonyl (C=O) groups excluding carboxylic acids is 1. The summed E-state index contributed by atoms with van der Waals surface area (Å²) in [5.74, 6) is -4.44. The van der Waals surface area contributed by atoms with E-state index in [4.69, 9.17) is 33.2 Å². The number of phenols is 3. The number of carbonyl (C=O) groups is 2. The largest absolute Gasteiger partial charge is 0.507 e. The predicted octanol–water partition coefficient (Wildman–Crippen LogP) is -2.39. The summed E-state index contributed by atoms with van der Waals surface area (Å²) in [7, 11) is 0. The van der Waals surface area contributed by atoms with Crippen LogP contribution in [-0.4, -0.2) is 138 Å². The minimum atomic E-state index is -1.90. The number of fused-ring (bicyclic) bond motifs is 1. The molecule has 49 heavy (non-hydrogen) atoms. The van der Waals surface area contributed by atoms with E-state index >= 15 is 0 Å². The molecule has 0 saturated carbocycles. The Labute approximate surface area is 273 Å². The number of aliphatic hydroxyl groups excluding tert-OH is 6. The van der Waals surface area contributed by atoms with E-state index in [0.29, 0.717) is 0 Å². The van der Waals surface area contributed by atoms with Crippen LogP contribution in [-0.2, 0) is 28.5 Å². The number of esters is 1. The number of aliphatic carboxylic acids is 1. The van der Waals surface area contributed by atoms with Crippen LogP contribution < -0.4 is 10.2 Å². The van der Waals surface area contributed by atoms with Crippen molar-refractivity contribution in [2.24, 2.45) is 0 Å². The number of carboxylic acids is 1. The van der Waals surface area contributed by atoms with Crippen molar-refractivity contribution in [1.29, 1.82) is 0 Å². The number of aliphatic hydroxyl groups is 6. The van der Waals surface area contributed by atoms with E-state index < -0.39 is 116 Å². The number of ether oxygens (including phenoxy) is 5. The smallest absolute Gasteiger partial charge is 0.317 e. The lowest BCUT2D eigenvalue weighted by atomic mass is 9.98. The van der Waals surface area contributed by atoms with Crippen LogP contribution in [0.4, 0.5) is 0 Å². The molecule has 3 aromatic rings. The van der Waals surface area contributed by atoms with Gasteiger partial charge < -0.3 is 79.2 Å². The zero-order valence-corrected chi connectivity index (χ0v) is 25.0. The fourth-order valence-electron chi connectivity index (χ4n) is 5.15. The highest BCUT2D eigenvalue weighted by molar-refractivity contribution is 5.90. The summed E-state index contributed by atoms with van der Waals surface area (Å²) in [6.45, 7) is -1.42. The molecule has 1 aromatic heterocycles. The van der Waals surface area contributed by atoms with Gasteiger partial charge in [-0.05, 0) is 18.2 Å². The molecule has 10 atom stereocenters. The first-order valence-electron chi connectivity index (χ1n) is 14.5. The molecule has 2 aromatic carbocycles. The van der Waals surface area contributed by atoms with Crippen LogP contribution in [0.15, 0.2) is 45.6 Å². The molecular formula is C30H32O19. The van der Waals surface area contributed by atoms with Gasteiger partial charge in [-0.3, -0.25) is 14.4 Å².